The summed E-state index contributed by atoms with van der Waals surface area (Å²) < 4.78 is 13.3. The Morgan fingerprint density at radius 3 is 2.47 bits per heavy atom. The van der Waals surface area contributed by atoms with E-state index in [-0.39, 0.29) is 5.82 Å². The zero-order chi connectivity index (χ0) is 12.4. The third kappa shape index (κ3) is 2.53. The summed E-state index contributed by atoms with van der Waals surface area (Å²) in [6.45, 7) is 1.83. The number of halogens is 2. The van der Waals surface area contributed by atoms with Crippen LogP contribution in [0.2, 0.25) is 5.02 Å². The molecular weight excluding hydrogens is 239 g/mol. The molecule has 1 nitrogen and oxygen atoms in total. The predicted molar refractivity (Wildman–Crippen MR) is 67.0 cm³/mol. The summed E-state index contributed by atoms with van der Waals surface area (Å²) in [4.78, 5) is 10.6. The number of aryl methyl sites for hydroxylation is 1. The second kappa shape index (κ2) is 4.68. The second-order valence-electron chi connectivity index (χ2n) is 3.87. The third-order valence-electron chi connectivity index (χ3n) is 2.50. The van der Waals surface area contributed by atoms with Crippen LogP contribution in [0.3, 0.4) is 0 Å². The van der Waals surface area contributed by atoms with Gasteiger partial charge in [0.25, 0.3) is 0 Å². The molecule has 0 N–H and O–H groups in total. The monoisotopic (exact) mass is 248 g/mol. The Balaban J connectivity index is 2.53. The Morgan fingerprint density at radius 1 is 1.12 bits per heavy atom. The van der Waals surface area contributed by atoms with Crippen molar-refractivity contribution in [3.8, 4) is 11.1 Å². The van der Waals surface area contributed by atoms with Gasteiger partial charge in [-0.05, 0) is 47.9 Å². The van der Waals surface area contributed by atoms with Crippen molar-refractivity contribution in [2.24, 2.45) is 0 Å². The number of carbonyl (C=O) groups excluding carboxylic acids is 1. The number of benzene rings is 2. The summed E-state index contributed by atoms with van der Waals surface area (Å²) >= 11 is 5.93. The maximum atomic E-state index is 13.3. The zero-order valence-electron chi connectivity index (χ0n) is 9.21. The molecule has 0 saturated heterocycles. The van der Waals surface area contributed by atoms with Crippen molar-refractivity contribution in [2.75, 3.05) is 0 Å². The van der Waals surface area contributed by atoms with E-state index in [0.29, 0.717) is 16.9 Å². The number of hydrogen-bond donors (Lipinski definition) is 0. The molecule has 0 atom stereocenters. The summed E-state index contributed by atoms with van der Waals surface area (Å²) in [6, 6.07) is 9.83. The summed E-state index contributed by atoms with van der Waals surface area (Å²) in [5, 5.41) is 0.374. The van der Waals surface area contributed by atoms with Gasteiger partial charge in [0.15, 0.2) is 6.29 Å². The first-order valence-electron chi connectivity index (χ1n) is 5.12. The maximum Gasteiger partial charge on any atom is 0.151 e. The number of carbonyl (C=O) groups is 1. The molecule has 0 spiro atoms. The molecule has 0 radical (unpaired) electrons. The molecule has 0 heterocycles. The fourth-order valence-electron chi connectivity index (χ4n) is 1.71. The average molecular weight is 249 g/mol. The summed E-state index contributed by atoms with van der Waals surface area (Å²) in [5.74, 6) is -0.282. The molecule has 0 aromatic heterocycles. The van der Waals surface area contributed by atoms with Crippen LogP contribution in [-0.2, 0) is 0 Å². The first-order valence-corrected chi connectivity index (χ1v) is 5.50. The van der Waals surface area contributed by atoms with E-state index in [2.05, 4.69) is 0 Å². The molecule has 0 aliphatic rings. The standard InChI is InChI=1S/C14H10ClFO/c1-9-4-12(6-13(16)5-9)10-2-3-11(8-17)14(15)7-10/h2-8H,1H3. The third-order valence-corrected chi connectivity index (χ3v) is 2.83. The largest absolute Gasteiger partial charge is 0.298 e. The molecule has 17 heavy (non-hydrogen) atoms. The molecule has 86 valence electrons. The van der Waals surface area contributed by atoms with Gasteiger partial charge in [-0.25, -0.2) is 4.39 Å². The van der Waals surface area contributed by atoms with Crippen molar-refractivity contribution >= 4 is 17.9 Å². The quantitative estimate of drug-likeness (QED) is 0.726. The molecule has 0 saturated carbocycles. The van der Waals surface area contributed by atoms with Crippen LogP contribution in [0.25, 0.3) is 11.1 Å². The van der Waals surface area contributed by atoms with Crippen LogP contribution in [-0.4, -0.2) is 6.29 Å². The Morgan fingerprint density at radius 2 is 1.88 bits per heavy atom. The number of rotatable bonds is 2. The predicted octanol–water partition coefficient (Wildman–Crippen LogP) is 4.27. The molecule has 3 heteroatoms. The van der Waals surface area contributed by atoms with Gasteiger partial charge in [-0.2, -0.15) is 0 Å². The maximum absolute atomic E-state index is 13.3. The zero-order valence-corrected chi connectivity index (χ0v) is 9.96. The number of aldehydes is 1. The van der Waals surface area contributed by atoms with E-state index >= 15 is 0 Å². The minimum Gasteiger partial charge on any atom is -0.298 e. The van der Waals surface area contributed by atoms with Gasteiger partial charge in [0.2, 0.25) is 0 Å². The van der Waals surface area contributed by atoms with Gasteiger partial charge in [-0.1, -0.05) is 23.7 Å². The Hall–Kier alpha value is -1.67. The molecule has 0 aliphatic heterocycles. The first kappa shape index (κ1) is 11.8. The van der Waals surface area contributed by atoms with Crippen molar-refractivity contribution in [3.05, 3.63) is 58.4 Å². The Kier molecular flexibility index (Phi) is 3.25. The van der Waals surface area contributed by atoms with Gasteiger partial charge >= 0.3 is 0 Å². The van der Waals surface area contributed by atoms with Crippen LogP contribution in [0.5, 0.6) is 0 Å². The molecule has 0 unspecified atom stereocenters. The van der Waals surface area contributed by atoms with Crippen LogP contribution < -0.4 is 0 Å². The smallest absolute Gasteiger partial charge is 0.151 e. The van der Waals surface area contributed by atoms with E-state index in [1.54, 1.807) is 18.2 Å². The van der Waals surface area contributed by atoms with Gasteiger partial charge in [-0.15, -0.1) is 0 Å². The van der Waals surface area contributed by atoms with E-state index in [0.717, 1.165) is 16.7 Å². The van der Waals surface area contributed by atoms with E-state index in [4.69, 9.17) is 11.6 Å². The van der Waals surface area contributed by atoms with E-state index < -0.39 is 0 Å². The van der Waals surface area contributed by atoms with Gasteiger partial charge < -0.3 is 0 Å². The highest BCUT2D eigenvalue weighted by Gasteiger charge is 2.05. The van der Waals surface area contributed by atoms with Gasteiger partial charge in [0, 0.05) is 5.56 Å². The second-order valence-corrected chi connectivity index (χ2v) is 4.28. The van der Waals surface area contributed by atoms with Crippen molar-refractivity contribution in [2.45, 2.75) is 6.92 Å². The highest BCUT2D eigenvalue weighted by atomic mass is 35.5. The fraction of sp³-hybridized carbons (Fsp3) is 0.0714. The van der Waals surface area contributed by atoms with E-state index in [1.165, 1.54) is 12.1 Å². The minimum absolute atomic E-state index is 0.282. The lowest BCUT2D eigenvalue weighted by Crippen LogP contribution is -1.86. The van der Waals surface area contributed by atoms with E-state index in [1.807, 2.05) is 13.0 Å². The van der Waals surface area contributed by atoms with Crippen LogP contribution in [0.15, 0.2) is 36.4 Å². The number of hydrogen-bond acceptors (Lipinski definition) is 1. The molecule has 0 aliphatic carbocycles. The van der Waals surface area contributed by atoms with Crippen molar-refractivity contribution in [1.29, 1.82) is 0 Å². The minimum atomic E-state index is -0.282. The van der Waals surface area contributed by atoms with Crippen LogP contribution in [0.1, 0.15) is 15.9 Å². The summed E-state index contributed by atoms with van der Waals surface area (Å²) in [5.41, 5.74) is 2.82. The van der Waals surface area contributed by atoms with E-state index in [9.17, 15) is 9.18 Å². The topological polar surface area (TPSA) is 17.1 Å². The molecule has 0 amide bonds. The molecular formula is C14H10ClFO. The molecule has 2 rings (SSSR count). The molecule has 2 aromatic rings. The van der Waals surface area contributed by atoms with Crippen LogP contribution in [0, 0.1) is 12.7 Å². The Labute approximate surface area is 104 Å². The average Bonchev–Trinajstić information content (AvgIpc) is 2.27. The fourth-order valence-corrected chi connectivity index (χ4v) is 1.93. The molecule has 0 bridgehead atoms. The highest BCUT2D eigenvalue weighted by molar-refractivity contribution is 6.33. The van der Waals surface area contributed by atoms with Crippen molar-refractivity contribution < 1.29 is 9.18 Å². The lowest BCUT2D eigenvalue weighted by atomic mass is 10.0. The Bertz CT molecular complexity index is 558. The normalized spacial score (nSPS) is 10.3. The van der Waals surface area contributed by atoms with Crippen molar-refractivity contribution in [3.63, 3.8) is 0 Å². The summed E-state index contributed by atoms with van der Waals surface area (Å²) in [6.07, 6.45) is 0.697. The van der Waals surface area contributed by atoms with Gasteiger partial charge in [0.1, 0.15) is 5.82 Å². The SMILES string of the molecule is Cc1cc(F)cc(-c2ccc(C=O)c(Cl)c2)c1. The van der Waals surface area contributed by atoms with Crippen LogP contribution >= 0.6 is 11.6 Å². The molecule has 2 aromatic carbocycles. The lowest BCUT2D eigenvalue weighted by Gasteiger charge is -2.05. The van der Waals surface area contributed by atoms with Crippen molar-refractivity contribution in [1.82, 2.24) is 0 Å². The first-order chi connectivity index (χ1) is 8.10. The lowest BCUT2D eigenvalue weighted by molar-refractivity contribution is 0.112. The van der Waals surface area contributed by atoms with Gasteiger partial charge in [-0.3, -0.25) is 4.79 Å². The molecule has 0 fully saturated rings. The van der Waals surface area contributed by atoms with Gasteiger partial charge in [0.05, 0.1) is 5.02 Å². The van der Waals surface area contributed by atoms with Crippen LogP contribution in [0.4, 0.5) is 4.39 Å². The summed E-state index contributed by atoms with van der Waals surface area (Å²) in [7, 11) is 0. The highest BCUT2D eigenvalue weighted by Crippen LogP contribution is 2.26.